The number of nitrogens with zero attached hydrogens (tertiary/aromatic N) is 2. The number of benzene rings is 1. The Labute approximate surface area is 126 Å². The number of hydrogen-bond donors (Lipinski definition) is 0. The number of carbonyl (C=O) groups is 1. The summed E-state index contributed by atoms with van der Waals surface area (Å²) in [6.07, 6.45) is 0.999. The van der Waals surface area contributed by atoms with Crippen molar-refractivity contribution in [2.24, 2.45) is 5.92 Å². The van der Waals surface area contributed by atoms with Gasteiger partial charge in [-0.2, -0.15) is 0 Å². The first-order chi connectivity index (χ1) is 10.2. The van der Waals surface area contributed by atoms with Crippen molar-refractivity contribution in [1.82, 2.24) is 9.80 Å². The Morgan fingerprint density at radius 2 is 1.86 bits per heavy atom. The summed E-state index contributed by atoms with van der Waals surface area (Å²) in [5.41, 5.74) is 1.27. The fourth-order valence-corrected chi connectivity index (χ4v) is 3.21. The number of carbonyl (C=O) groups excluding carboxylic acids is 1. The first-order valence-corrected chi connectivity index (χ1v) is 7.88. The van der Waals surface area contributed by atoms with Gasteiger partial charge in [0.25, 0.3) is 0 Å². The third-order valence-corrected chi connectivity index (χ3v) is 4.78. The molecule has 2 fully saturated rings. The summed E-state index contributed by atoms with van der Waals surface area (Å²) in [6.45, 7) is 7.07. The van der Waals surface area contributed by atoms with E-state index >= 15 is 0 Å². The minimum atomic E-state index is 0.201. The molecule has 1 aromatic rings. The molecule has 2 aliphatic rings. The van der Waals surface area contributed by atoms with E-state index in [1.807, 2.05) is 12.1 Å². The highest BCUT2D eigenvalue weighted by Crippen LogP contribution is 2.48. The lowest BCUT2D eigenvalue weighted by atomic mass is 10.1. The van der Waals surface area contributed by atoms with Crippen LogP contribution in [0.25, 0.3) is 0 Å². The van der Waals surface area contributed by atoms with Gasteiger partial charge in [-0.15, -0.1) is 0 Å². The topological polar surface area (TPSA) is 32.8 Å². The van der Waals surface area contributed by atoms with Gasteiger partial charge in [-0.25, -0.2) is 0 Å². The van der Waals surface area contributed by atoms with Gasteiger partial charge in [0.2, 0.25) is 5.91 Å². The Bertz CT molecular complexity index is 492. The zero-order chi connectivity index (χ0) is 14.8. The molecular formula is C17H24N2O2. The second-order valence-electron chi connectivity index (χ2n) is 5.98. The van der Waals surface area contributed by atoms with Crippen LogP contribution in [0.5, 0.6) is 5.75 Å². The summed E-state index contributed by atoms with van der Waals surface area (Å²) < 4.78 is 5.18. The molecule has 0 radical (unpaired) electrons. The van der Waals surface area contributed by atoms with Crippen LogP contribution in [0.1, 0.15) is 24.8 Å². The third-order valence-electron chi connectivity index (χ3n) is 4.78. The molecule has 4 heteroatoms. The maximum atomic E-state index is 12.5. The first kappa shape index (κ1) is 14.4. The van der Waals surface area contributed by atoms with Gasteiger partial charge in [-0.05, 0) is 36.6 Å². The predicted octanol–water partition coefficient (Wildman–Crippen LogP) is 1.96. The Balaban J connectivity index is 1.56. The van der Waals surface area contributed by atoms with Gasteiger partial charge in [-0.1, -0.05) is 19.1 Å². The average Bonchev–Trinajstić information content (AvgIpc) is 3.35. The molecule has 1 aliphatic carbocycles. The van der Waals surface area contributed by atoms with Crippen LogP contribution >= 0.6 is 0 Å². The number of methoxy groups -OCH3 is 1. The van der Waals surface area contributed by atoms with E-state index in [0.29, 0.717) is 11.8 Å². The molecule has 0 aromatic heterocycles. The fraction of sp³-hybridized carbons (Fsp3) is 0.588. The van der Waals surface area contributed by atoms with Gasteiger partial charge in [0, 0.05) is 32.1 Å². The molecule has 1 amide bonds. The van der Waals surface area contributed by atoms with Crippen LogP contribution in [-0.4, -0.2) is 55.5 Å². The lowest BCUT2D eigenvalue weighted by Gasteiger charge is -2.34. The van der Waals surface area contributed by atoms with E-state index in [0.717, 1.165) is 44.9 Å². The van der Waals surface area contributed by atoms with Crippen LogP contribution in [0.15, 0.2) is 24.3 Å². The van der Waals surface area contributed by atoms with Crippen molar-refractivity contribution in [3.05, 3.63) is 29.8 Å². The van der Waals surface area contributed by atoms with E-state index in [-0.39, 0.29) is 5.92 Å². The summed E-state index contributed by atoms with van der Waals surface area (Å²) in [5, 5.41) is 0. The second-order valence-corrected chi connectivity index (χ2v) is 5.98. The molecule has 2 atom stereocenters. The molecular weight excluding hydrogens is 264 g/mol. The molecule has 0 N–H and O–H groups in total. The van der Waals surface area contributed by atoms with Crippen LogP contribution in [0.4, 0.5) is 0 Å². The lowest BCUT2D eigenvalue weighted by Crippen LogP contribution is -2.49. The lowest BCUT2D eigenvalue weighted by molar-refractivity contribution is -0.134. The zero-order valence-electron chi connectivity index (χ0n) is 12.9. The van der Waals surface area contributed by atoms with Crippen LogP contribution in [-0.2, 0) is 4.79 Å². The van der Waals surface area contributed by atoms with Gasteiger partial charge >= 0.3 is 0 Å². The molecule has 1 heterocycles. The SMILES string of the molecule is CCN1CCN(C(=O)C2CC2c2ccc(OC)cc2)CC1. The Kier molecular flexibility index (Phi) is 4.15. The molecule has 1 aromatic carbocycles. The van der Waals surface area contributed by atoms with Crippen LogP contribution in [0.2, 0.25) is 0 Å². The summed E-state index contributed by atoms with van der Waals surface area (Å²) in [6, 6.07) is 8.14. The molecule has 0 bridgehead atoms. The molecule has 1 aliphatic heterocycles. The standard InChI is InChI=1S/C17H24N2O2/c1-3-18-8-10-19(11-9-18)17(20)16-12-15(16)13-4-6-14(21-2)7-5-13/h4-7,15-16H,3,8-12H2,1-2H3. The third kappa shape index (κ3) is 3.05. The smallest absolute Gasteiger partial charge is 0.226 e. The van der Waals surface area contributed by atoms with Crippen molar-refractivity contribution in [2.45, 2.75) is 19.3 Å². The highest BCUT2D eigenvalue weighted by atomic mass is 16.5. The Morgan fingerprint density at radius 1 is 1.19 bits per heavy atom. The van der Waals surface area contributed by atoms with Gasteiger partial charge < -0.3 is 14.5 Å². The van der Waals surface area contributed by atoms with Gasteiger partial charge in [0.05, 0.1) is 7.11 Å². The molecule has 0 spiro atoms. The number of amides is 1. The van der Waals surface area contributed by atoms with E-state index in [1.54, 1.807) is 7.11 Å². The number of piperazine rings is 1. The first-order valence-electron chi connectivity index (χ1n) is 7.88. The van der Waals surface area contributed by atoms with E-state index in [1.165, 1.54) is 5.56 Å². The quantitative estimate of drug-likeness (QED) is 0.849. The predicted molar refractivity (Wildman–Crippen MR) is 82.5 cm³/mol. The zero-order valence-corrected chi connectivity index (χ0v) is 12.9. The fourth-order valence-electron chi connectivity index (χ4n) is 3.21. The number of likely N-dealkylation sites (N-methyl/N-ethyl adjacent to an activating group) is 1. The van der Waals surface area contributed by atoms with E-state index in [9.17, 15) is 4.79 Å². The minimum Gasteiger partial charge on any atom is -0.497 e. The van der Waals surface area contributed by atoms with E-state index < -0.39 is 0 Å². The summed E-state index contributed by atoms with van der Waals surface area (Å²) in [7, 11) is 1.68. The Hall–Kier alpha value is -1.55. The van der Waals surface area contributed by atoms with Crippen molar-refractivity contribution in [3.8, 4) is 5.75 Å². The molecule has 21 heavy (non-hydrogen) atoms. The maximum absolute atomic E-state index is 12.5. The van der Waals surface area contributed by atoms with Crippen LogP contribution in [0.3, 0.4) is 0 Å². The summed E-state index contributed by atoms with van der Waals surface area (Å²) >= 11 is 0. The van der Waals surface area contributed by atoms with Gasteiger partial charge in [-0.3, -0.25) is 4.79 Å². The van der Waals surface area contributed by atoms with Gasteiger partial charge in [0.1, 0.15) is 5.75 Å². The minimum absolute atomic E-state index is 0.201. The van der Waals surface area contributed by atoms with Crippen LogP contribution < -0.4 is 4.74 Å². The van der Waals surface area contributed by atoms with Gasteiger partial charge in [0.15, 0.2) is 0 Å². The molecule has 2 unspecified atom stereocenters. The molecule has 1 saturated carbocycles. The maximum Gasteiger partial charge on any atom is 0.226 e. The number of rotatable bonds is 4. The average molecular weight is 288 g/mol. The van der Waals surface area contributed by atoms with Crippen molar-refractivity contribution < 1.29 is 9.53 Å². The summed E-state index contributed by atoms with van der Waals surface area (Å²) in [4.78, 5) is 17.0. The van der Waals surface area contributed by atoms with Crippen molar-refractivity contribution >= 4 is 5.91 Å². The van der Waals surface area contributed by atoms with E-state index in [2.05, 4.69) is 28.9 Å². The number of hydrogen-bond acceptors (Lipinski definition) is 3. The second kappa shape index (κ2) is 6.06. The van der Waals surface area contributed by atoms with Crippen LogP contribution in [0, 0.1) is 5.92 Å². The van der Waals surface area contributed by atoms with Crippen molar-refractivity contribution in [2.75, 3.05) is 39.8 Å². The van der Waals surface area contributed by atoms with Crippen molar-refractivity contribution in [3.63, 3.8) is 0 Å². The van der Waals surface area contributed by atoms with E-state index in [4.69, 9.17) is 4.74 Å². The molecule has 114 valence electrons. The monoisotopic (exact) mass is 288 g/mol. The largest absolute Gasteiger partial charge is 0.497 e. The Morgan fingerprint density at radius 3 is 2.43 bits per heavy atom. The molecule has 4 nitrogen and oxygen atoms in total. The highest BCUT2D eigenvalue weighted by molar-refractivity contribution is 5.83. The highest BCUT2D eigenvalue weighted by Gasteiger charge is 2.45. The molecule has 1 saturated heterocycles. The molecule has 3 rings (SSSR count). The van der Waals surface area contributed by atoms with Crippen molar-refractivity contribution in [1.29, 1.82) is 0 Å². The number of ether oxygens (including phenoxy) is 1. The summed E-state index contributed by atoms with van der Waals surface area (Å²) in [5.74, 6) is 1.84. The normalized spacial score (nSPS) is 25.7.